The fourth-order valence-electron chi connectivity index (χ4n) is 0.525. The Bertz CT molecular complexity index is 241. The summed E-state index contributed by atoms with van der Waals surface area (Å²) in [6.07, 6.45) is 0. The number of halogens is 4. The quantitative estimate of drug-likeness (QED) is 0.384. The highest BCUT2D eigenvalue weighted by atomic mass is 127. The summed E-state index contributed by atoms with van der Waals surface area (Å²) in [6, 6.07) is 3.14. The average molecular weight is 335 g/mol. The molecule has 1 aromatic rings. The van der Waals surface area contributed by atoms with Crippen LogP contribution in [0.5, 0.6) is 0 Å². The summed E-state index contributed by atoms with van der Waals surface area (Å²) in [5.41, 5.74) is 0. The minimum Gasteiger partial charge on any atom is -0.205 e. The van der Waals surface area contributed by atoms with Gasteiger partial charge in [-0.15, -0.1) is 0 Å². The van der Waals surface area contributed by atoms with E-state index in [0.717, 1.165) is 3.57 Å². The van der Waals surface area contributed by atoms with E-state index in [9.17, 15) is 4.39 Å². The van der Waals surface area contributed by atoms with Gasteiger partial charge in [0.05, 0.1) is 5.02 Å². The van der Waals surface area contributed by atoms with E-state index in [4.69, 9.17) is 11.6 Å². The molecule has 10 heavy (non-hydrogen) atoms. The summed E-state index contributed by atoms with van der Waals surface area (Å²) in [4.78, 5) is 0. The van der Waals surface area contributed by atoms with Crippen molar-refractivity contribution >= 4 is 50.1 Å². The van der Waals surface area contributed by atoms with Crippen molar-refractivity contribution in [3.8, 4) is 0 Å². The highest BCUT2D eigenvalue weighted by Gasteiger charge is 2.04. The van der Waals surface area contributed by atoms with Gasteiger partial charge in [-0.05, 0) is 50.7 Å². The van der Waals surface area contributed by atoms with Gasteiger partial charge in [-0.1, -0.05) is 11.6 Å². The molecule has 0 atom stereocenters. The fourth-order valence-corrected chi connectivity index (χ4v) is 2.08. The van der Waals surface area contributed by atoms with Crippen molar-refractivity contribution in [1.29, 1.82) is 0 Å². The SMILES string of the molecule is Fc1cc(I)cc(Br)c1Cl. The maximum Gasteiger partial charge on any atom is 0.143 e. The van der Waals surface area contributed by atoms with Crippen LogP contribution in [-0.2, 0) is 0 Å². The Hall–Kier alpha value is 0.650. The van der Waals surface area contributed by atoms with Gasteiger partial charge in [-0.3, -0.25) is 0 Å². The van der Waals surface area contributed by atoms with Gasteiger partial charge >= 0.3 is 0 Å². The third-order valence-electron chi connectivity index (χ3n) is 0.949. The van der Waals surface area contributed by atoms with Crippen LogP contribution in [0, 0.1) is 9.39 Å². The minimum atomic E-state index is -0.388. The van der Waals surface area contributed by atoms with E-state index in [1.54, 1.807) is 6.07 Å². The molecule has 0 saturated carbocycles. The second-order valence-electron chi connectivity index (χ2n) is 1.68. The van der Waals surface area contributed by atoms with E-state index in [0.29, 0.717) is 4.47 Å². The van der Waals surface area contributed by atoms with Crippen molar-refractivity contribution in [2.45, 2.75) is 0 Å². The maximum atomic E-state index is 12.7. The smallest absolute Gasteiger partial charge is 0.143 e. The van der Waals surface area contributed by atoms with Crippen LogP contribution in [0.1, 0.15) is 0 Å². The Morgan fingerprint density at radius 2 is 2.10 bits per heavy atom. The predicted octanol–water partition coefficient (Wildman–Crippen LogP) is 3.85. The summed E-state index contributed by atoms with van der Waals surface area (Å²) < 4.78 is 14.1. The first-order chi connectivity index (χ1) is 4.61. The molecule has 0 aliphatic heterocycles. The van der Waals surface area contributed by atoms with Crippen molar-refractivity contribution in [3.63, 3.8) is 0 Å². The van der Waals surface area contributed by atoms with Crippen LogP contribution < -0.4 is 0 Å². The normalized spacial score (nSPS) is 10.0. The molecule has 0 aromatic heterocycles. The summed E-state index contributed by atoms with van der Waals surface area (Å²) in [5.74, 6) is -0.388. The Balaban J connectivity index is 3.31. The maximum absolute atomic E-state index is 12.7. The van der Waals surface area contributed by atoms with Crippen LogP contribution in [-0.4, -0.2) is 0 Å². The molecule has 0 amide bonds. The third kappa shape index (κ3) is 1.83. The van der Waals surface area contributed by atoms with Gasteiger partial charge in [0.1, 0.15) is 5.82 Å². The van der Waals surface area contributed by atoms with E-state index in [1.807, 2.05) is 22.6 Å². The van der Waals surface area contributed by atoms with Gasteiger partial charge in [0, 0.05) is 8.04 Å². The monoisotopic (exact) mass is 334 g/mol. The Kier molecular flexibility index (Phi) is 2.94. The Labute approximate surface area is 85.0 Å². The molecule has 0 aliphatic rings. The summed E-state index contributed by atoms with van der Waals surface area (Å²) in [7, 11) is 0. The zero-order chi connectivity index (χ0) is 7.72. The molecule has 0 bridgehead atoms. The Morgan fingerprint density at radius 1 is 1.50 bits per heavy atom. The second-order valence-corrected chi connectivity index (χ2v) is 4.16. The van der Waals surface area contributed by atoms with Crippen molar-refractivity contribution in [2.75, 3.05) is 0 Å². The van der Waals surface area contributed by atoms with Gasteiger partial charge < -0.3 is 0 Å². The fraction of sp³-hybridized carbons (Fsp3) is 0. The molecular weight excluding hydrogens is 333 g/mol. The molecule has 0 nitrogen and oxygen atoms in total. The molecule has 0 spiro atoms. The molecule has 0 fully saturated rings. The minimum absolute atomic E-state index is 0.139. The molecule has 1 aromatic carbocycles. The molecular formula is C6H2BrClFI. The molecule has 0 saturated heterocycles. The number of rotatable bonds is 0. The van der Waals surface area contributed by atoms with Crippen LogP contribution in [0.15, 0.2) is 16.6 Å². The number of hydrogen-bond donors (Lipinski definition) is 0. The number of benzene rings is 1. The first-order valence-electron chi connectivity index (χ1n) is 2.41. The molecule has 0 heterocycles. The predicted molar refractivity (Wildman–Crippen MR) is 51.8 cm³/mol. The topological polar surface area (TPSA) is 0 Å². The van der Waals surface area contributed by atoms with E-state index < -0.39 is 0 Å². The molecule has 0 N–H and O–H groups in total. The lowest BCUT2D eigenvalue weighted by molar-refractivity contribution is 0.626. The Morgan fingerprint density at radius 3 is 2.60 bits per heavy atom. The average Bonchev–Trinajstić information content (AvgIpc) is 1.82. The number of hydrogen-bond acceptors (Lipinski definition) is 0. The summed E-state index contributed by atoms with van der Waals surface area (Å²) >= 11 is 10.7. The molecule has 1 rings (SSSR count). The van der Waals surface area contributed by atoms with E-state index in [2.05, 4.69) is 15.9 Å². The first kappa shape index (κ1) is 8.74. The van der Waals surface area contributed by atoms with Gasteiger partial charge in [-0.2, -0.15) is 0 Å². The lowest BCUT2D eigenvalue weighted by atomic mass is 10.3. The van der Waals surface area contributed by atoms with Crippen LogP contribution >= 0.6 is 50.1 Å². The van der Waals surface area contributed by atoms with Gasteiger partial charge in [-0.25, -0.2) is 4.39 Å². The first-order valence-corrected chi connectivity index (χ1v) is 4.66. The van der Waals surface area contributed by atoms with Crippen LogP contribution in [0.25, 0.3) is 0 Å². The molecule has 4 heteroatoms. The summed E-state index contributed by atoms with van der Waals surface area (Å²) in [5, 5.41) is 0.139. The zero-order valence-corrected chi connectivity index (χ0v) is 9.17. The molecule has 54 valence electrons. The zero-order valence-electron chi connectivity index (χ0n) is 4.67. The lowest BCUT2D eigenvalue weighted by Crippen LogP contribution is -1.80. The van der Waals surface area contributed by atoms with Crippen molar-refractivity contribution in [2.24, 2.45) is 0 Å². The van der Waals surface area contributed by atoms with Crippen LogP contribution in [0.2, 0.25) is 5.02 Å². The largest absolute Gasteiger partial charge is 0.205 e. The highest BCUT2D eigenvalue weighted by Crippen LogP contribution is 2.27. The second kappa shape index (κ2) is 3.36. The van der Waals surface area contributed by atoms with Crippen molar-refractivity contribution < 1.29 is 4.39 Å². The van der Waals surface area contributed by atoms with Gasteiger partial charge in [0.15, 0.2) is 0 Å². The lowest BCUT2D eigenvalue weighted by Gasteiger charge is -1.97. The standard InChI is InChI=1S/C6H2BrClFI/c7-4-1-3(10)2-5(9)6(4)8/h1-2H. The van der Waals surface area contributed by atoms with Crippen LogP contribution in [0.3, 0.4) is 0 Å². The van der Waals surface area contributed by atoms with E-state index in [-0.39, 0.29) is 10.8 Å². The third-order valence-corrected chi connectivity index (χ3v) is 2.81. The molecule has 0 unspecified atom stereocenters. The van der Waals surface area contributed by atoms with Crippen LogP contribution in [0.4, 0.5) is 4.39 Å². The molecule has 0 radical (unpaired) electrons. The molecule has 0 aliphatic carbocycles. The van der Waals surface area contributed by atoms with Crippen molar-refractivity contribution in [1.82, 2.24) is 0 Å². The van der Waals surface area contributed by atoms with Crippen molar-refractivity contribution in [3.05, 3.63) is 31.0 Å². The summed E-state index contributed by atoms with van der Waals surface area (Å²) in [6.45, 7) is 0. The van der Waals surface area contributed by atoms with E-state index in [1.165, 1.54) is 6.07 Å². The highest BCUT2D eigenvalue weighted by molar-refractivity contribution is 14.1. The van der Waals surface area contributed by atoms with E-state index >= 15 is 0 Å². The van der Waals surface area contributed by atoms with Gasteiger partial charge in [0.25, 0.3) is 0 Å². The van der Waals surface area contributed by atoms with Gasteiger partial charge in [0.2, 0.25) is 0 Å².